The van der Waals surface area contributed by atoms with Crippen molar-refractivity contribution in [2.45, 2.75) is 42.4 Å². The van der Waals surface area contributed by atoms with Gasteiger partial charge in [0.1, 0.15) is 9.79 Å². The lowest BCUT2D eigenvalue weighted by atomic mass is 10.0. The molecule has 0 spiro atoms. The van der Waals surface area contributed by atoms with Crippen molar-refractivity contribution in [1.29, 1.82) is 0 Å². The maximum atomic E-state index is 11.5. The Morgan fingerprint density at radius 3 is 1.42 bits per heavy atom. The molecule has 36 heavy (non-hydrogen) atoms. The van der Waals surface area contributed by atoms with E-state index in [2.05, 4.69) is 0 Å². The molecular weight excluding hydrogens is 528 g/mol. The van der Waals surface area contributed by atoms with E-state index in [-0.39, 0.29) is 20.7 Å². The summed E-state index contributed by atoms with van der Waals surface area (Å²) >= 11 is 0. The van der Waals surface area contributed by atoms with Gasteiger partial charge in [-0.2, -0.15) is 25.3 Å². The third kappa shape index (κ3) is 5.59. The summed E-state index contributed by atoms with van der Waals surface area (Å²) in [5, 5.41) is 1.96. The molecule has 0 saturated carbocycles. The van der Waals surface area contributed by atoms with Gasteiger partial charge >= 0.3 is 0 Å². The van der Waals surface area contributed by atoms with Gasteiger partial charge in [0.15, 0.2) is 0 Å². The first-order chi connectivity index (χ1) is 16.4. The van der Waals surface area contributed by atoms with Crippen LogP contribution in [0.4, 0.5) is 0 Å². The maximum absolute atomic E-state index is 11.5. The van der Waals surface area contributed by atoms with E-state index in [1.54, 1.807) is 38.1 Å². The molecule has 0 aliphatic rings. The Morgan fingerprint density at radius 2 is 0.944 bits per heavy atom. The van der Waals surface area contributed by atoms with Gasteiger partial charge in [-0.1, -0.05) is 42.5 Å². The number of rotatable bonds is 3. The molecule has 0 unspecified atom stereocenters. The third-order valence-corrected chi connectivity index (χ3v) is 8.65. The van der Waals surface area contributed by atoms with Gasteiger partial charge in [0.25, 0.3) is 30.4 Å². The summed E-state index contributed by atoms with van der Waals surface area (Å²) in [6.07, 6.45) is 0. The van der Waals surface area contributed by atoms with Crippen molar-refractivity contribution in [3.05, 3.63) is 76.9 Å². The van der Waals surface area contributed by atoms with Crippen LogP contribution in [0, 0.1) is 27.7 Å². The summed E-state index contributed by atoms with van der Waals surface area (Å²) in [4.78, 5) is -0.768. The van der Waals surface area contributed by atoms with E-state index in [4.69, 9.17) is 4.55 Å². The van der Waals surface area contributed by atoms with Crippen LogP contribution in [0.1, 0.15) is 22.3 Å². The first kappa shape index (κ1) is 27.7. The molecule has 0 atom stereocenters. The van der Waals surface area contributed by atoms with E-state index >= 15 is 0 Å². The zero-order chi connectivity index (χ0) is 27.2. The zero-order valence-electron chi connectivity index (χ0n) is 19.7. The topological polar surface area (TPSA) is 163 Å². The SMILES string of the molecule is Cc1ccc2c(C)cc(S(=O)(=O)O)cc2c1S(=O)(=O)O.Cc1ccc2c(C)cccc2c1S(=O)(=O)O. The molecule has 9 nitrogen and oxygen atoms in total. The highest BCUT2D eigenvalue weighted by atomic mass is 32.2. The van der Waals surface area contributed by atoms with E-state index in [1.165, 1.54) is 19.1 Å². The van der Waals surface area contributed by atoms with Crippen LogP contribution in [0.25, 0.3) is 21.5 Å². The Bertz CT molecular complexity index is 1840. The zero-order valence-corrected chi connectivity index (χ0v) is 22.2. The van der Waals surface area contributed by atoms with Gasteiger partial charge in [0, 0.05) is 10.8 Å². The molecule has 192 valence electrons. The Balaban J connectivity index is 0.000000205. The summed E-state index contributed by atoms with van der Waals surface area (Å²) in [5.41, 5.74) is 2.30. The second kappa shape index (κ2) is 9.54. The lowest BCUT2D eigenvalue weighted by Crippen LogP contribution is -2.04. The minimum absolute atomic E-state index is 0.00806. The highest BCUT2D eigenvalue weighted by molar-refractivity contribution is 7.86. The van der Waals surface area contributed by atoms with E-state index in [9.17, 15) is 34.4 Å². The van der Waals surface area contributed by atoms with Crippen LogP contribution in [-0.4, -0.2) is 38.9 Å². The largest absolute Gasteiger partial charge is 0.295 e. The van der Waals surface area contributed by atoms with Gasteiger partial charge in [-0.25, -0.2) is 0 Å². The molecule has 4 rings (SSSR count). The molecule has 0 bridgehead atoms. The fourth-order valence-corrected chi connectivity index (χ4v) is 6.55. The van der Waals surface area contributed by atoms with Gasteiger partial charge in [0.05, 0.1) is 4.90 Å². The third-order valence-electron chi connectivity index (χ3n) is 5.70. The summed E-state index contributed by atoms with van der Waals surface area (Å²) in [5.74, 6) is 0. The van der Waals surface area contributed by atoms with Crippen LogP contribution >= 0.6 is 0 Å². The molecule has 0 fully saturated rings. The average molecular weight is 553 g/mol. The van der Waals surface area contributed by atoms with Gasteiger partial charge < -0.3 is 0 Å². The van der Waals surface area contributed by atoms with Crippen molar-refractivity contribution in [3.63, 3.8) is 0 Å². The summed E-state index contributed by atoms with van der Waals surface area (Å²) in [6.45, 7) is 6.65. The quantitative estimate of drug-likeness (QED) is 0.307. The molecule has 0 aliphatic carbocycles. The lowest BCUT2D eigenvalue weighted by molar-refractivity contribution is 0.480. The van der Waals surface area contributed by atoms with E-state index in [0.29, 0.717) is 21.9 Å². The fraction of sp³-hybridized carbons (Fsp3) is 0.167. The first-order valence-corrected chi connectivity index (χ1v) is 14.7. The molecule has 0 amide bonds. The van der Waals surface area contributed by atoms with E-state index in [0.717, 1.165) is 17.0 Å². The Hall–Kier alpha value is -2.87. The normalized spacial score (nSPS) is 12.4. The molecule has 4 aromatic carbocycles. The molecule has 0 aliphatic heterocycles. The van der Waals surface area contributed by atoms with Crippen molar-refractivity contribution in [1.82, 2.24) is 0 Å². The van der Waals surface area contributed by atoms with Crippen LogP contribution in [0.5, 0.6) is 0 Å². The number of fused-ring (bicyclic) bond motifs is 2. The van der Waals surface area contributed by atoms with Crippen LogP contribution < -0.4 is 0 Å². The maximum Gasteiger partial charge on any atom is 0.295 e. The first-order valence-electron chi connectivity index (χ1n) is 10.4. The van der Waals surface area contributed by atoms with E-state index < -0.39 is 35.2 Å². The highest BCUT2D eigenvalue weighted by Gasteiger charge is 2.21. The van der Waals surface area contributed by atoms with Crippen molar-refractivity contribution >= 4 is 51.9 Å². The highest BCUT2D eigenvalue weighted by Crippen LogP contribution is 2.31. The Kier molecular flexibility index (Phi) is 7.34. The predicted molar refractivity (Wildman–Crippen MR) is 136 cm³/mol. The van der Waals surface area contributed by atoms with Crippen molar-refractivity contribution < 1.29 is 38.9 Å². The summed E-state index contributed by atoms with van der Waals surface area (Å²) in [6, 6.07) is 14.4. The van der Waals surface area contributed by atoms with Crippen molar-refractivity contribution in [2.75, 3.05) is 0 Å². The molecule has 4 aromatic rings. The Morgan fingerprint density at radius 1 is 0.472 bits per heavy atom. The molecule has 12 heteroatoms. The lowest BCUT2D eigenvalue weighted by Gasteiger charge is -2.11. The molecule has 0 heterocycles. The predicted octanol–water partition coefficient (Wildman–Crippen LogP) is 4.65. The molecule has 0 saturated heterocycles. The smallest absolute Gasteiger partial charge is 0.282 e. The van der Waals surface area contributed by atoms with Gasteiger partial charge in [0.2, 0.25) is 0 Å². The number of benzene rings is 4. The minimum Gasteiger partial charge on any atom is -0.282 e. The number of aryl methyl sites for hydroxylation is 4. The number of hydrogen-bond acceptors (Lipinski definition) is 6. The van der Waals surface area contributed by atoms with Crippen molar-refractivity contribution in [3.8, 4) is 0 Å². The molecule has 0 radical (unpaired) electrons. The number of hydrogen-bond donors (Lipinski definition) is 3. The monoisotopic (exact) mass is 552 g/mol. The summed E-state index contributed by atoms with van der Waals surface area (Å²) in [7, 11) is -13.2. The molecule has 3 N–H and O–H groups in total. The second-order valence-corrected chi connectivity index (χ2v) is 12.5. The van der Waals surface area contributed by atoms with Gasteiger partial charge in [-0.15, -0.1) is 0 Å². The van der Waals surface area contributed by atoms with Crippen LogP contribution in [-0.2, 0) is 30.4 Å². The van der Waals surface area contributed by atoms with Crippen LogP contribution in [0.2, 0.25) is 0 Å². The molecular formula is C24H24O9S3. The van der Waals surface area contributed by atoms with Gasteiger partial charge in [-0.05, 0) is 72.9 Å². The average Bonchev–Trinajstić information content (AvgIpc) is 2.71. The molecule has 0 aromatic heterocycles. The van der Waals surface area contributed by atoms with Crippen LogP contribution in [0.3, 0.4) is 0 Å². The fourth-order valence-electron chi connectivity index (χ4n) is 4.10. The second-order valence-electron chi connectivity index (χ2n) is 8.35. The van der Waals surface area contributed by atoms with E-state index in [1.807, 2.05) is 19.1 Å². The Labute approximate surface area is 209 Å². The summed E-state index contributed by atoms with van der Waals surface area (Å²) < 4.78 is 95.7. The van der Waals surface area contributed by atoms with Gasteiger partial charge in [-0.3, -0.25) is 13.7 Å². The van der Waals surface area contributed by atoms with Crippen molar-refractivity contribution in [2.24, 2.45) is 0 Å². The minimum atomic E-state index is -4.52. The standard InChI is InChI=1S/C12H12O6S2.C12H12O3S/c1-7-3-4-10-8(2)5-9(19(13,14)15)6-11(10)12(7)20(16,17)18;1-8-4-3-5-11-10(8)7-6-9(2)12(11)16(13,14)15/h3-6H,1-2H3,(H,13,14,15)(H,16,17,18);3-7H,1-2H3,(H,13,14,15). The van der Waals surface area contributed by atoms with Crippen LogP contribution in [0.15, 0.2) is 69.3 Å².